The summed E-state index contributed by atoms with van der Waals surface area (Å²) in [7, 11) is 1.40. The highest BCUT2D eigenvalue weighted by molar-refractivity contribution is 5.68. The summed E-state index contributed by atoms with van der Waals surface area (Å²) in [6.07, 6.45) is 2.01. The number of ether oxygens (including phenoxy) is 1. The molecule has 2 aromatic rings. The summed E-state index contributed by atoms with van der Waals surface area (Å²) in [6.45, 7) is 0.503. The maximum atomic E-state index is 11.1. The Morgan fingerprint density at radius 2 is 2.37 bits per heavy atom. The van der Waals surface area contributed by atoms with Crippen molar-refractivity contribution in [2.24, 2.45) is 0 Å². The molecule has 0 saturated carbocycles. The van der Waals surface area contributed by atoms with Gasteiger partial charge in [-0.05, 0) is 12.1 Å². The molecule has 0 spiro atoms. The van der Waals surface area contributed by atoms with Crippen LogP contribution in [0.3, 0.4) is 0 Å². The monoisotopic (exact) mass is 263 g/mol. The van der Waals surface area contributed by atoms with Crippen molar-refractivity contribution in [2.45, 2.75) is 6.42 Å². The summed E-state index contributed by atoms with van der Waals surface area (Å²) >= 11 is 0. The van der Waals surface area contributed by atoms with Gasteiger partial charge in [0.15, 0.2) is 5.75 Å². The van der Waals surface area contributed by atoms with Crippen LogP contribution in [0.25, 0.3) is 0 Å². The van der Waals surface area contributed by atoms with E-state index in [9.17, 15) is 10.1 Å². The fourth-order valence-electron chi connectivity index (χ4n) is 1.68. The number of nitrogens with one attached hydrogen (secondary N) is 2. The number of rotatable bonds is 6. The standard InChI is InChI=1S/C11H13N5O3/c1-19-9-4-2-3-8(11(9)16(17)18)12-6-5-10-13-7-14-15-10/h2-4,7,12H,5-6H2,1H3,(H,13,14,15). The first-order valence-electron chi connectivity index (χ1n) is 5.62. The van der Waals surface area contributed by atoms with Gasteiger partial charge in [0.1, 0.15) is 17.8 Å². The van der Waals surface area contributed by atoms with E-state index in [0.717, 1.165) is 5.82 Å². The van der Waals surface area contributed by atoms with Gasteiger partial charge in [0.25, 0.3) is 0 Å². The first kappa shape index (κ1) is 12.8. The second-order valence-corrected chi connectivity index (χ2v) is 3.72. The largest absolute Gasteiger partial charge is 0.490 e. The number of aromatic nitrogens is 3. The van der Waals surface area contributed by atoms with Crippen LogP contribution in [0.5, 0.6) is 5.75 Å². The Balaban J connectivity index is 2.09. The molecular weight excluding hydrogens is 250 g/mol. The second-order valence-electron chi connectivity index (χ2n) is 3.72. The SMILES string of the molecule is COc1cccc(NCCc2ncn[nH]2)c1[N+](=O)[O-]. The van der Waals surface area contributed by atoms with Crippen molar-refractivity contribution in [3.05, 3.63) is 40.5 Å². The highest BCUT2D eigenvalue weighted by Crippen LogP contribution is 2.34. The van der Waals surface area contributed by atoms with Gasteiger partial charge in [-0.1, -0.05) is 6.07 Å². The lowest BCUT2D eigenvalue weighted by Gasteiger charge is -2.08. The quantitative estimate of drug-likeness (QED) is 0.602. The Morgan fingerprint density at radius 1 is 1.53 bits per heavy atom. The molecule has 8 nitrogen and oxygen atoms in total. The van der Waals surface area contributed by atoms with E-state index in [4.69, 9.17) is 4.74 Å². The molecule has 0 amide bonds. The van der Waals surface area contributed by atoms with Crippen molar-refractivity contribution in [2.75, 3.05) is 19.0 Å². The molecule has 2 N–H and O–H groups in total. The Labute approximate surface area is 109 Å². The molecule has 0 aliphatic carbocycles. The molecule has 1 heterocycles. The number of anilines is 1. The lowest BCUT2D eigenvalue weighted by atomic mass is 10.2. The molecule has 0 fully saturated rings. The molecule has 2 rings (SSSR count). The average molecular weight is 263 g/mol. The van der Waals surface area contributed by atoms with E-state index in [1.165, 1.54) is 13.4 Å². The number of hydrogen-bond donors (Lipinski definition) is 2. The molecule has 8 heteroatoms. The van der Waals surface area contributed by atoms with Gasteiger partial charge >= 0.3 is 5.69 Å². The first-order valence-corrected chi connectivity index (χ1v) is 5.62. The average Bonchev–Trinajstić information content (AvgIpc) is 2.91. The van der Waals surface area contributed by atoms with Gasteiger partial charge in [-0.2, -0.15) is 5.10 Å². The van der Waals surface area contributed by atoms with Gasteiger partial charge < -0.3 is 10.1 Å². The minimum Gasteiger partial charge on any atom is -0.490 e. The highest BCUT2D eigenvalue weighted by Gasteiger charge is 2.19. The first-order chi connectivity index (χ1) is 9.22. The predicted molar refractivity (Wildman–Crippen MR) is 68.2 cm³/mol. The minimum absolute atomic E-state index is 0.0671. The lowest BCUT2D eigenvalue weighted by Crippen LogP contribution is -2.08. The van der Waals surface area contributed by atoms with E-state index >= 15 is 0 Å². The van der Waals surface area contributed by atoms with Gasteiger partial charge in [-0.15, -0.1) is 0 Å². The van der Waals surface area contributed by atoms with Crippen molar-refractivity contribution in [1.29, 1.82) is 0 Å². The zero-order chi connectivity index (χ0) is 13.7. The number of nitro groups is 1. The van der Waals surface area contributed by atoms with Crippen molar-refractivity contribution >= 4 is 11.4 Å². The molecular formula is C11H13N5O3. The third-order valence-electron chi connectivity index (χ3n) is 2.54. The minimum atomic E-state index is -0.463. The maximum absolute atomic E-state index is 11.1. The molecule has 1 aromatic heterocycles. The van der Waals surface area contributed by atoms with Crippen molar-refractivity contribution in [3.63, 3.8) is 0 Å². The molecule has 100 valence electrons. The van der Waals surface area contributed by atoms with Crippen LogP contribution in [0, 0.1) is 10.1 Å². The van der Waals surface area contributed by atoms with Crippen molar-refractivity contribution < 1.29 is 9.66 Å². The number of nitro benzene ring substituents is 1. The zero-order valence-electron chi connectivity index (χ0n) is 10.3. The molecule has 0 bridgehead atoms. The van der Waals surface area contributed by atoms with E-state index in [2.05, 4.69) is 20.5 Å². The maximum Gasteiger partial charge on any atom is 0.333 e. The zero-order valence-corrected chi connectivity index (χ0v) is 10.3. The molecule has 19 heavy (non-hydrogen) atoms. The van der Waals surface area contributed by atoms with Gasteiger partial charge in [-0.25, -0.2) is 4.98 Å². The molecule has 0 unspecified atom stereocenters. The topological polar surface area (TPSA) is 106 Å². The van der Waals surface area contributed by atoms with Gasteiger partial charge in [0.2, 0.25) is 0 Å². The third kappa shape index (κ3) is 2.97. The summed E-state index contributed by atoms with van der Waals surface area (Å²) in [5.41, 5.74) is 0.353. The summed E-state index contributed by atoms with van der Waals surface area (Å²) in [5, 5.41) is 20.5. The van der Waals surface area contributed by atoms with Crippen LogP contribution in [-0.4, -0.2) is 33.8 Å². The van der Waals surface area contributed by atoms with Crippen LogP contribution in [-0.2, 0) is 6.42 Å². The Hall–Kier alpha value is -2.64. The molecule has 0 aliphatic heterocycles. The Morgan fingerprint density at radius 3 is 3.00 bits per heavy atom. The third-order valence-corrected chi connectivity index (χ3v) is 2.54. The summed E-state index contributed by atoms with van der Waals surface area (Å²) < 4.78 is 4.99. The molecule has 0 radical (unpaired) electrons. The molecule has 0 saturated heterocycles. The lowest BCUT2D eigenvalue weighted by molar-refractivity contribution is -0.384. The smallest absolute Gasteiger partial charge is 0.333 e. The van der Waals surface area contributed by atoms with E-state index in [0.29, 0.717) is 18.7 Å². The summed E-state index contributed by atoms with van der Waals surface area (Å²) in [6, 6.07) is 4.89. The summed E-state index contributed by atoms with van der Waals surface area (Å²) in [4.78, 5) is 14.6. The molecule has 0 atom stereocenters. The fourth-order valence-corrected chi connectivity index (χ4v) is 1.68. The van der Waals surface area contributed by atoms with E-state index in [-0.39, 0.29) is 11.4 Å². The number of benzene rings is 1. The fraction of sp³-hybridized carbons (Fsp3) is 0.273. The van der Waals surface area contributed by atoms with Crippen LogP contribution in [0.1, 0.15) is 5.82 Å². The van der Waals surface area contributed by atoms with Gasteiger partial charge in [0.05, 0.1) is 12.0 Å². The van der Waals surface area contributed by atoms with E-state index < -0.39 is 4.92 Å². The predicted octanol–water partition coefficient (Wildman–Crippen LogP) is 1.38. The van der Waals surface area contributed by atoms with Crippen LogP contribution in [0.2, 0.25) is 0 Å². The van der Waals surface area contributed by atoms with E-state index in [1.807, 2.05) is 0 Å². The normalized spacial score (nSPS) is 10.2. The second kappa shape index (κ2) is 5.80. The van der Waals surface area contributed by atoms with Gasteiger partial charge in [-0.3, -0.25) is 15.2 Å². The van der Waals surface area contributed by atoms with Crippen LogP contribution in [0.15, 0.2) is 24.5 Å². The van der Waals surface area contributed by atoms with Crippen LogP contribution >= 0.6 is 0 Å². The van der Waals surface area contributed by atoms with E-state index in [1.54, 1.807) is 18.2 Å². The van der Waals surface area contributed by atoms with Crippen molar-refractivity contribution in [3.8, 4) is 5.75 Å². The Bertz CT molecular complexity index is 555. The molecule has 1 aromatic carbocycles. The number of H-pyrrole nitrogens is 1. The van der Waals surface area contributed by atoms with Gasteiger partial charge in [0, 0.05) is 13.0 Å². The van der Waals surface area contributed by atoms with Crippen LogP contribution in [0.4, 0.5) is 11.4 Å². The number of aromatic amines is 1. The number of nitrogens with zero attached hydrogens (tertiary/aromatic N) is 3. The Kier molecular flexibility index (Phi) is 3.91. The summed E-state index contributed by atoms with van der Waals surface area (Å²) in [5.74, 6) is 0.952. The number of methoxy groups -OCH3 is 1. The number of para-hydroxylation sites is 1. The van der Waals surface area contributed by atoms with Crippen molar-refractivity contribution in [1.82, 2.24) is 15.2 Å². The van der Waals surface area contributed by atoms with Crippen LogP contribution < -0.4 is 10.1 Å². The number of hydrogen-bond acceptors (Lipinski definition) is 6. The highest BCUT2D eigenvalue weighted by atomic mass is 16.6. The molecule has 0 aliphatic rings.